The number of H-pyrrole nitrogens is 1. The Morgan fingerprint density at radius 3 is 2.62 bits per heavy atom. The van der Waals surface area contributed by atoms with Crippen molar-refractivity contribution >= 4 is 29.3 Å². The van der Waals surface area contributed by atoms with Crippen LogP contribution in [0.1, 0.15) is 38.1 Å². The predicted octanol–water partition coefficient (Wildman–Crippen LogP) is 2.98. The maximum absolute atomic E-state index is 13.2. The minimum absolute atomic E-state index is 0.234. The van der Waals surface area contributed by atoms with E-state index in [4.69, 9.17) is 9.84 Å². The maximum Gasteiger partial charge on any atom is 0.325 e. The van der Waals surface area contributed by atoms with Gasteiger partial charge in [-0.3, -0.25) is 19.4 Å². The Labute approximate surface area is 189 Å². The van der Waals surface area contributed by atoms with Gasteiger partial charge in [0, 0.05) is 18.9 Å². The first-order valence-electron chi connectivity index (χ1n) is 10.2. The van der Waals surface area contributed by atoms with E-state index in [0.29, 0.717) is 39.2 Å². The van der Waals surface area contributed by atoms with Gasteiger partial charge in [0.15, 0.2) is 0 Å². The van der Waals surface area contributed by atoms with Gasteiger partial charge in [0.25, 0.3) is 6.17 Å². The Hall–Kier alpha value is -3.46. The number of amides is 1. The third-order valence-electron chi connectivity index (χ3n) is 5.14. The molecule has 32 heavy (non-hydrogen) atoms. The fourth-order valence-electron chi connectivity index (χ4n) is 3.96. The van der Waals surface area contributed by atoms with Crippen LogP contribution >= 0.6 is 11.8 Å². The number of fused-ring (bicyclic) bond motifs is 3. The Bertz CT molecular complexity index is 1290. The molecule has 1 aromatic heterocycles. The first-order valence-corrected chi connectivity index (χ1v) is 11.2. The highest BCUT2D eigenvalue weighted by molar-refractivity contribution is 7.99. The van der Waals surface area contributed by atoms with Crippen LogP contribution in [0.3, 0.4) is 0 Å². The van der Waals surface area contributed by atoms with Crippen LogP contribution in [0.5, 0.6) is 5.75 Å². The Balaban J connectivity index is 2.10. The molecule has 1 atom stereocenters. The number of hydrogen-bond donors (Lipinski definition) is 1. The number of hydrogen-bond acceptors (Lipinski definition) is 6. The van der Waals surface area contributed by atoms with E-state index in [9.17, 15) is 14.4 Å². The number of aromatic nitrogens is 3. The number of aromatic amines is 1. The molecule has 8 nitrogen and oxygen atoms in total. The summed E-state index contributed by atoms with van der Waals surface area (Å²) >= 11 is 1.39. The third kappa shape index (κ3) is 3.69. The number of carbonyl (C=O) groups is 2. The molecule has 4 rings (SSSR count). The molecule has 2 heterocycles. The maximum atomic E-state index is 13.2. The number of thioether (sulfide) groups is 1. The summed E-state index contributed by atoms with van der Waals surface area (Å²) in [5.74, 6) is 0.351. The van der Waals surface area contributed by atoms with Crippen molar-refractivity contribution in [1.82, 2.24) is 10.1 Å². The summed E-state index contributed by atoms with van der Waals surface area (Å²) in [6.07, 6.45) is -0.815. The standard InChI is InChI=1S/C23H22N4O4S/c1-5-32-23-24-21(30)19-16-10-6-7-12-18(16)26(14(3)28)22(27(19)25-23)17-11-8-9-13(2)20(17)31-15(4)29/h6-12,22H,5H2,1-4H3/p+1/t22-/m1/s1. The second kappa shape index (κ2) is 8.58. The number of carbonyl (C=O) groups excluding carboxylic acids is 2. The van der Waals surface area contributed by atoms with Gasteiger partial charge >= 0.3 is 17.2 Å². The predicted molar refractivity (Wildman–Crippen MR) is 121 cm³/mol. The van der Waals surface area contributed by atoms with Gasteiger partial charge in [0.2, 0.25) is 11.1 Å². The van der Waals surface area contributed by atoms with Crippen LogP contribution < -0.4 is 19.9 Å². The Morgan fingerprint density at radius 1 is 1.19 bits per heavy atom. The van der Waals surface area contributed by atoms with Gasteiger partial charge in [-0.05, 0) is 41.1 Å². The fourth-order valence-corrected chi connectivity index (χ4v) is 4.54. The Morgan fingerprint density at radius 2 is 1.94 bits per heavy atom. The minimum Gasteiger partial charge on any atom is -0.426 e. The van der Waals surface area contributed by atoms with E-state index in [1.165, 1.54) is 25.6 Å². The molecule has 1 N–H and O–H groups in total. The number of anilines is 1. The summed E-state index contributed by atoms with van der Waals surface area (Å²) in [7, 11) is 0. The van der Waals surface area contributed by atoms with Crippen molar-refractivity contribution in [3.8, 4) is 17.0 Å². The van der Waals surface area contributed by atoms with Gasteiger partial charge < -0.3 is 4.74 Å². The van der Waals surface area contributed by atoms with E-state index < -0.39 is 12.1 Å². The normalized spacial score (nSPS) is 14.5. The summed E-state index contributed by atoms with van der Waals surface area (Å²) in [6, 6.07) is 12.6. The molecule has 2 aromatic carbocycles. The molecule has 0 spiro atoms. The number of nitrogens with zero attached hydrogens (tertiary/aromatic N) is 3. The molecular weight excluding hydrogens is 428 g/mol. The van der Waals surface area contributed by atoms with Gasteiger partial charge in [-0.2, -0.15) is 0 Å². The van der Waals surface area contributed by atoms with E-state index in [-0.39, 0.29) is 11.5 Å². The third-order valence-corrected chi connectivity index (χ3v) is 5.89. The molecule has 1 aliphatic heterocycles. The summed E-state index contributed by atoms with van der Waals surface area (Å²) in [5.41, 5.74) is 2.50. The summed E-state index contributed by atoms with van der Waals surface area (Å²) in [5, 5.41) is 5.13. The summed E-state index contributed by atoms with van der Waals surface area (Å²) in [6.45, 7) is 6.58. The van der Waals surface area contributed by atoms with Crippen molar-refractivity contribution in [2.75, 3.05) is 10.7 Å². The zero-order valence-corrected chi connectivity index (χ0v) is 19.0. The number of esters is 1. The SMILES string of the molecule is CCSc1n[n+]2c(c(=O)[nH]1)-c1ccccc1N(C(C)=O)[C@H]2c1cccc(C)c1OC(C)=O. The second-order valence-electron chi connectivity index (χ2n) is 7.35. The molecule has 0 radical (unpaired) electrons. The number of ether oxygens (including phenoxy) is 1. The molecule has 1 aliphatic rings. The van der Waals surface area contributed by atoms with Gasteiger partial charge in [-0.1, -0.05) is 43.0 Å². The van der Waals surface area contributed by atoms with Gasteiger partial charge in [0.1, 0.15) is 5.75 Å². The largest absolute Gasteiger partial charge is 0.426 e. The molecule has 0 aliphatic carbocycles. The Kier molecular flexibility index (Phi) is 5.84. The number of para-hydroxylation sites is 2. The smallest absolute Gasteiger partial charge is 0.325 e. The van der Waals surface area contributed by atoms with E-state index in [2.05, 4.69) is 4.98 Å². The van der Waals surface area contributed by atoms with Gasteiger partial charge in [0.05, 0.1) is 16.8 Å². The topological polar surface area (TPSA) is 96.2 Å². The van der Waals surface area contributed by atoms with Gasteiger partial charge in [-0.25, -0.2) is 4.90 Å². The number of rotatable bonds is 4. The highest BCUT2D eigenvalue weighted by Crippen LogP contribution is 2.40. The van der Waals surface area contributed by atoms with Crippen molar-refractivity contribution in [2.24, 2.45) is 0 Å². The van der Waals surface area contributed by atoms with Crippen molar-refractivity contribution < 1.29 is 19.0 Å². The van der Waals surface area contributed by atoms with Crippen molar-refractivity contribution in [2.45, 2.75) is 39.0 Å². The van der Waals surface area contributed by atoms with Crippen LogP contribution in [0.25, 0.3) is 11.3 Å². The van der Waals surface area contributed by atoms with Crippen LogP contribution in [0.4, 0.5) is 5.69 Å². The highest BCUT2D eigenvalue weighted by Gasteiger charge is 2.46. The number of aryl methyl sites for hydroxylation is 1. The van der Waals surface area contributed by atoms with E-state index >= 15 is 0 Å². The fraction of sp³-hybridized carbons (Fsp3) is 0.261. The molecule has 164 valence electrons. The summed E-state index contributed by atoms with van der Waals surface area (Å²) in [4.78, 5) is 42.4. The average Bonchev–Trinajstić information content (AvgIpc) is 2.74. The van der Waals surface area contributed by atoms with Crippen LogP contribution in [0, 0.1) is 6.92 Å². The molecule has 1 amide bonds. The highest BCUT2D eigenvalue weighted by atomic mass is 32.2. The first kappa shape index (κ1) is 21.8. The lowest BCUT2D eigenvalue weighted by Gasteiger charge is -2.32. The molecule has 0 saturated heterocycles. The lowest BCUT2D eigenvalue weighted by atomic mass is 9.99. The molecular formula is C23H23N4O4S+. The molecule has 0 saturated carbocycles. The monoisotopic (exact) mass is 451 g/mol. The molecule has 3 aromatic rings. The number of benzene rings is 2. The van der Waals surface area contributed by atoms with Crippen LogP contribution in [-0.4, -0.2) is 27.7 Å². The second-order valence-corrected chi connectivity index (χ2v) is 8.60. The molecule has 0 fully saturated rings. The van der Waals surface area contributed by atoms with E-state index in [0.717, 1.165) is 5.56 Å². The average molecular weight is 452 g/mol. The van der Waals surface area contributed by atoms with Crippen molar-refractivity contribution in [3.05, 3.63) is 63.9 Å². The zero-order chi connectivity index (χ0) is 23.0. The first-order chi connectivity index (χ1) is 15.3. The zero-order valence-electron chi connectivity index (χ0n) is 18.2. The molecule has 0 unspecified atom stereocenters. The molecule has 9 heteroatoms. The van der Waals surface area contributed by atoms with E-state index in [1.54, 1.807) is 27.8 Å². The van der Waals surface area contributed by atoms with Gasteiger partial charge in [-0.15, -0.1) is 0 Å². The lowest BCUT2D eigenvalue weighted by molar-refractivity contribution is -0.763. The van der Waals surface area contributed by atoms with Crippen LogP contribution in [-0.2, 0) is 9.59 Å². The minimum atomic E-state index is -0.815. The van der Waals surface area contributed by atoms with Crippen molar-refractivity contribution in [3.63, 3.8) is 0 Å². The van der Waals surface area contributed by atoms with Crippen LogP contribution in [0.15, 0.2) is 52.4 Å². The quantitative estimate of drug-likeness (QED) is 0.284. The van der Waals surface area contributed by atoms with E-state index in [1.807, 2.05) is 38.1 Å². The van der Waals surface area contributed by atoms with Crippen molar-refractivity contribution in [1.29, 1.82) is 0 Å². The molecule has 0 bridgehead atoms. The number of nitrogens with one attached hydrogen (secondary N) is 1. The lowest BCUT2D eigenvalue weighted by Crippen LogP contribution is -2.60. The summed E-state index contributed by atoms with van der Waals surface area (Å²) < 4.78 is 7.12. The van der Waals surface area contributed by atoms with Crippen LogP contribution in [0.2, 0.25) is 0 Å².